The standard InChI is InChI=1S/C21H29N3O5/c1-2-29-20(27)18(19(26)17-9-4-3-5-10-17)24-21(28)23-13-16-8-6-7-15(11-16)12-22-14-25/h3-5,9-10,15-16,18-19,26H,2,6-8,11-13H2,1H3,(H2,23,24,28). The number of carbonyl (C=O) groups is 2. The van der Waals surface area contributed by atoms with E-state index in [0.717, 1.165) is 25.7 Å². The molecule has 2 amide bonds. The van der Waals surface area contributed by atoms with Gasteiger partial charge in [0.25, 0.3) is 0 Å². The van der Waals surface area contributed by atoms with Crippen LogP contribution in [0.4, 0.5) is 4.79 Å². The van der Waals surface area contributed by atoms with Crippen molar-refractivity contribution in [3.8, 4) is 0 Å². The Labute approximate surface area is 170 Å². The van der Waals surface area contributed by atoms with E-state index in [4.69, 9.17) is 4.74 Å². The second-order valence-electron chi connectivity index (χ2n) is 7.27. The molecule has 0 bridgehead atoms. The highest BCUT2D eigenvalue weighted by Gasteiger charge is 2.31. The highest BCUT2D eigenvalue weighted by atomic mass is 16.5. The van der Waals surface area contributed by atoms with E-state index in [1.165, 1.54) is 0 Å². The molecule has 0 aromatic heterocycles. The molecule has 3 N–H and O–H groups in total. The molecule has 8 nitrogen and oxygen atoms in total. The lowest BCUT2D eigenvalue weighted by molar-refractivity contribution is -0.148. The first-order valence-electron chi connectivity index (χ1n) is 10.0. The number of ether oxygens (including phenoxy) is 1. The molecular formula is C21H29N3O5. The van der Waals surface area contributed by atoms with Gasteiger partial charge in [0.1, 0.15) is 6.10 Å². The van der Waals surface area contributed by atoms with Crippen LogP contribution in [0.25, 0.3) is 0 Å². The van der Waals surface area contributed by atoms with Crippen molar-refractivity contribution in [2.24, 2.45) is 16.8 Å². The number of carbonyl (C=O) groups excluding carboxylic acids is 3. The predicted octanol–water partition coefficient (Wildman–Crippen LogP) is 2.09. The first kappa shape index (κ1) is 22.6. The van der Waals surface area contributed by atoms with Gasteiger partial charge in [-0.1, -0.05) is 36.8 Å². The van der Waals surface area contributed by atoms with Gasteiger partial charge < -0.3 is 20.5 Å². The Morgan fingerprint density at radius 1 is 1.28 bits per heavy atom. The monoisotopic (exact) mass is 403 g/mol. The maximum atomic E-state index is 12.4. The second kappa shape index (κ2) is 12.0. The van der Waals surface area contributed by atoms with Crippen molar-refractivity contribution >= 4 is 18.1 Å². The summed E-state index contributed by atoms with van der Waals surface area (Å²) >= 11 is 0. The normalized spacial score (nSPS) is 20.6. The van der Waals surface area contributed by atoms with E-state index in [1.807, 2.05) is 0 Å². The molecule has 8 heteroatoms. The molecule has 1 aliphatic carbocycles. The average molecular weight is 403 g/mol. The fourth-order valence-electron chi connectivity index (χ4n) is 3.69. The average Bonchev–Trinajstić information content (AvgIpc) is 2.75. The minimum atomic E-state index is -1.22. The van der Waals surface area contributed by atoms with Gasteiger partial charge in [0.15, 0.2) is 6.04 Å². The molecule has 4 unspecified atom stereocenters. The summed E-state index contributed by atoms with van der Waals surface area (Å²) in [5.74, 6) is -0.0860. The first-order chi connectivity index (χ1) is 14.0. The van der Waals surface area contributed by atoms with Crippen LogP contribution in [-0.2, 0) is 14.3 Å². The molecular weight excluding hydrogens is 374 g/mol. The minimum Gasteiger partial charge on any atom is -0.464 e. The molecule has 0 spiro atoms. The summed E-state index contributed by atoms with van der Waals surface area (Å²) in [6.45, 7) is 2.73. The van der Waals surface area contributed by atoms with Crippen molar-refractivity contribution in [1.29, 1.82) is 0 Å². The lowest BCUT2D eigenvalue weighted by Gasteiger charge is -2.28. The lowest BCUT2D eigenvalue weighted by Crippen LogP contribution is -2.50. The zero-order valence-corrected chi connectivity index (χ0v) is 16.7. The number of amides is 2. The molecule has 0 aliphatic heterocycles. The molecule has 1 aromatic rings. The molecule has 1 aromatic carbocycles. The van der Waals surface area contributed by atoms with E-state index in [2.05, 4.69) is 15.6 Å². The molecule has 0 radical (unpaired) electrons. The van der Waals surface area contributed by atoms with Crippen LogP contribution in [0.15, 0.2) is 35.3 Å². The topological polar surface area (TPSA) is 117 Å². The minimum absolute atomic E-state index is 0.146. The van der Waals surface area contributed by atoms with E-state index >= 15 is 0 Å². The van der Waals surface area contributed by atoms with Crippen molar-refractivity contribution in [3.05, 3.63) is 35.9 Å². The number of nitrogens with one attached hydrogen (secondary N) is 2. The molecule has 2 rings (SSSR count). The summed E-state index contributed by atoms with van der Waals surface area (Å²) < 4.78 is 5.01. The number of isocyanates is 1. The number of rotatable bonds is 9. The van der Waals surface area contributed by atoms with Gasteiger partial charge in [0.05, 0.1) is 13.2 Å². The van der Waals surface area contributed by atoms with Crippen molar-refractivity contribution in [2.45, 2.75) is 44.8 Å². The maximum Gasteiger partial charge on any atom is 0.331 e. The van der Waals surface area contributed by atoms with Gasteiger partial charge in [-0.15, -0.1) is 0 Å². The lowest BCUT2D eigenvalue weighted by atomic mass is 9.81. The van der Waals surface area contributed by atoms with Gasteiger partial charge in [-0.05, 0) is 43.6 Å². The fourth-order valence-corrected chi connectivity index (χ4v) is 3.69. The molecule has 158 valence electrons. The Bertz CT molecular complexity index is 706. The molecule has 1 saturated carbocycles. The summed E-state index contributed by atoms with van der Waals surface area (Å²) in [7, 11) is 0. The quantitative estimate of drug-likeness (QED) is 0.332. The Balaban J connectivity index is 1.91. The molecule has 1 aliphatic rings. The molecule has 0 saturated heterocycles. The highest BCUT2D eigenvalue weighted by Crippen LogP contribution is 2.28. The molecule has 4 atom stereocenters. The van der Waals surface area contributed by atoms with Crippen molar-refractivity contribution in [3.63, 3.8) is 0 Å². The summed E-state index contributed by atoms with van der Waals surface area (Å²) in [4.78, 5) is 38.6. The van der Waals surface area contributed by atoms with Crippen molar-refractivity contribution in [1.82, 2.24) is 10.6 Å². The van der Waals surface area contributed by atoms with Crippen LogP contribution in [0.3, 0.4) is 0 Å². The Hall–Kier alpha value is -2.70. The van der Waals surface area contributed by atoms with E-state index in [1.54, 1.807) is 43.3 Å². The van der Waals surface area contributed by atoms with Crippen LogP contribution in [0.1, 0.15) is 44.3 Å². The van der Waals surface area contributed by atoms with Gasteiger partial charge >= 0.3 is 12.0 Å². The fraction of sp³-hybridized carbons (Fsp3) is 0.571. The van der Waals surface area contributed by atoms with Crippen LogP contribution >= 0.6 is 0 Å². The largest absolute Gasteiger partial charge is 0.464 e. The summed E-state index contributed by atoms with van der Waals surface area (Å²) in [5, 5.41) is 15.9. The third kappa shape index (κ3) is 7.33. The number of aliphatic imine (C=N–C) groups is 1. The van der Waals surface area contributed by atoms with Crippen LogP contribution in [0.2, 0.25) is 0 Å². The smallest absolute Gasteiger partial charge is 0.331 e. The predicted molar refractivity (Wildman–Crippen MR) is 107 cm³/mol. The Kier molecular flexibility index (Phi) is 9.34. The number of nitrogens with zero attached hydrogens (tertiary/aromatic N) is 1. The van der Waals surface area contributed by atoms with Gasteiger partial charge in [-0.25, -0.2) is 19.4 Å². The number of hydrogen-bond donors (Lipinski definition) is 3. The summed E-state index contributed by atoms with van der Waals surface area (Å²) in [6.07, 6.45) is 4.24. The number of benzene rings is 1. The van der Waals surface area contributed by atoms with E-state index in [-0.39, 0.29) is 12.5 Å². The third-order valence-electron chi connectivity index (χ3n) is 5.14. The number of esters is 1. The van der Waals surface area contributed by atoms with E-state index in [0.29, 0.717) is 24.6 Å². The second-order valence-corrected chi connectivity index (χ2v) is 7.27. The van der Waals surface area contributed by atoms with Gasteiger partial charge in [0.2, 0.25) is 6.08 Å². The SMILES string of the molecule is CCOC(=O)C(NC(=O)NCC1CCCC(CN=C=O)C1)C(O)c1ccccc1. The highest BCUT2D eigenvalue weighted by molar-refractivity contribution is 5.84. The van der Waals surface area contributed by atoms with E-state index < -0.39 is 24.1 Å². The Morgan fingerprint density at radius 3 is 2.69 bits per heavy atom. The summed E-state index contributed by atoms with van der Waals surface area (Å²) in [6, 6.07) is 6.91. The number of aliphatic hydroxyl groups excluding tert-OH is 1. The Morgan fingerprint density at radius 2 is 2.00 bits per heavy atom. The van der Waals surface area contributed by atoms with Gasteiger partial charge in [-0.3, -0.25) is 0 Å². The van der Waals surface area contributed by atoms with E-state index in [9.17, 15) is 19.5 Å². The van der Waals surface area contributed by atoms with Crippen LogP contribution in [0.5, 0.6) is 0 Å². The zero-order valence-electron chi connectivity index (χ0n) is 16.7. The third-order valence-corrected chi connectivity index (χ3v) is 5.14. The summed E-state index contributed by atoms with van der Waals surface area (Å²) in [5.41, 5.74) is 0.511. The van der Waals surface area contributed by atoms with Crippen LogP contribution < -0.4 is 10.6 Å². The maximum absolute atomic E-state index is 12.4. The molecule has 0 heterocycles. The van der Waals surface area contributed by atoms with Crippen molar-refractivity contribution < 1.29 is 24.2 Å². The van der Waals surface area contributed by atoms with Crippen molar-refractivity contribution in [2.75, 3.05) is 19.7 Å². The first-order valence-corrected chi connectivity index (χ1v) is 10.0. The van der Waals surface area contributed by atoms with Gasteiger partial charge in [0, 0.05) is 6.54 Å². The number of urea groups is 1. The zero-order chi connectivity index (χ0) is 21.1. The van der Waals surface area contributed by atoms with Crippen LogP contribution in [-0.4, -0.2) is 48.9 Å². The van der Waals surface area contributed by atoms with Gasteiger partial charge in [-0.2, -0.15) is 0 Å². The van der Waals surface area contributed by atoms with Crippen LogP contribution in [0, 0.1) is 11.8 Å². The number of aliphatic hydroxyl groups is 1. The number of hydrogen-bond acceptors (Lipinski definition) is 6. The molecule has 29 heavy (non-hydrogen) atoms. The molecule has 1 fully saturated rings.